The SMILES string of the molecule is CCOC(=O)c1cccc(C(=O)N2CCC(N3C(=O)CCc4ccccc43)CC2)c1. The predicted molar refractivity (Wildman–Crippen MR) is 114 cm³/mol. The van der Waals surface area contributed by atoms with Gasteiger partial charge in [-0.05, 0) is 56.0 Å². The van der Waals surface area contributed by atoms with E-state index in [9.17, 15) is 14.4 Å². The van der Waals surface area contributed by atoms with Gasteiger partial charge in [0, 0.05) is 36.8 Å². The molecule has 30 heavy (non-hydrogen) atoms. The molecule has 6 nitrogen and oxygen atoms in total. The number of rotatable bonds is 4. The molecule has 6 heteroatoms. The lowest BCUT2D eigenvalue weighted by atomic mass is 9.95. The van der Waals surface area contributed by atoms with E-state index in [1.807, 2.05) is 23.1 Å². The molecule has 1 fully saturated rings. The largest absolute Gasteiger partial charge is 0.462 e. The van der Waals surface area contributed by atoms with Crippen molar-refractivity contribution in [3.63, 3.8) is 0 Å². The zero-order valence-electron chi connectivity index (χ0n) is 17.2. The van der Waals surface area contributed by atoms with E-state index in [-0.39, 0.29) is 17.9 Å². The lowest BCUT2D eigenvalue weighted by molar-refractivity contribution is -0.119. The van der Waals surface area contributed by atoms with Crippen LogP contribution in [0.3, 0.4) is 0 Å². The maximum absolute atomic E-state index is 13.0. The molecule has 2 aliphatic heterocycles. The number of ether oxygens (including phenoxy) is 1. The Labute approximate surface area is 176 Å². The van der Waals surface area contributed by atoms with Gasteiger partial charge in [0.25, 0.3) is 5.91 Å². The molecule has 0 saturated carbocycles. The molecule has 0 unspecified atom stereocenters. The summed E-state index contributed by atoms with van der Waals surface area (Å²) in [6.07, 6.45) is 2.81. The quantitative estimate of drug-likeness (QED) is 0.730. The molecular weight excluding hydrogens is 380 g/mol. The molecule has 0 atom stereocenters. The topological polar surface area (TPSA) is 66.9 Å². The highest BCUT2D eigenvalue weighted by Crippen LogP contribution is 2.32. The third kappa shape index (κ3) is 3.95. The van der Waals surface area contributed by atoms with Gasteiger partial charge >= 0.3 is 5.97 Å². The van der Waals surface area contributed by atoms with E-state index in [2.05, 4.69) is 6.07 Å². The van der Waals surface area contributed by atoms with Gasteiger partial charge in [-0.25, -0.2) is 4.79 Å². The number of benzene rings is 2. The molecule has 0 spiro atoms. The van der Waals surface area contributed by atoms with Gasteiger partial charge in [0.05, 0.1) is 12.2 Å². The number of para-hydroxylation sites is 1. The normalized spacial score (nSPS) is 16.9. The average molecular weight is 406 g/mol. The molecule has 0 bridgehead atoms. The van der Waals surface area contributed by atoms with Gasteiger partial charge in [-0.2, -0.15) is 0 Å². The van der Waals surface area contributed by atoms with Crippen LogP contribution < -0.4 is 4.90 Å². The third-order valence-corrected chi connectivity index (χ3v) is 5.87. The number of esters is 1. The second kappa shape index (κ2) is 8.69. The molecule has 2 aliphatic rings. The fourth-order valence-corrected chi connectivity index (χ4v) is 4.36. The molecule has 4 rings (SSSR count). The Morgan fingerprint density at radius 3 is 2.50 bits per heavy atom. The van der Waals surface area contributed by atoms with Gasteiger partial charge in [0.1, 0.15) is 0 Å². The van der Waals surface area contributed by atoms with Crippen molar-refractivity contribution in [3.8, 4) is 0 Å². The number of carbonyl (C=O) groups excluding carboxylic acids is 3. The van der Waals surface area contributed by atoms with E-state index in [0.29, 0.717) is 37.2 Å². The van der Waals surface area contributed by atoms with Gasteiger partial charge in [-0.1, -0.05) is 24.3 Å². The molecule has 0 radical (unpaired) electrons. The summed E-state index contributed by atoms with van der Waals surface area (Å²) in [5.41, 5.74) is 3.10. The van der Waals surface area contributed by atoms with E-state index in [4.69, 9.17) is 4.74 Å². The zero-order valence-corrected chi connectivity index (χ0v) is 17.2. The standard InChI is InChI=1S/C24H26N2O4/c1-2-30-24(29)19-8-5-7-18(16-19)23(28)25-14-12-20(13-15-25)26-21-9-4-3-6-17(21)10-11-22(26)27/h3-9,16,20H,2,10-15H2,1H3. The first-order valence-corrected chi connectivity index (χ1v) is 10.5. The van der Waals surface area contributed by atoms with E-state index in [1.165, 1.54) is 5.56 Å². The highest BCUT2D eigenvalue weighted by Gasteiger charge is 2.33. The highest BCUT2D eigenvalue weighted by atomic mass is 16.5. The van der Waals surface area contributed by atoms with Gasteiger partial charge in [0.15, 0.2) is 0 Å². The number of carbonyl (C=O) groups is 3. The highest BCUT2D eigenvalue weighted by molar-refractivity contribution is 5.98. The molecule has 0 aliphatic carbocycles. The monoisotopic (exact) mass is 406 g/mol. The van der Waals surface area contributed by atoms with E-state index < -0.39 is 5.97 Å². The lowest BCUT2D eigenvalue weighted by Crippen LogP contribution is -2.50. The maximum atomic E-state index is 13.0. The fourth-order valence-electron chi connectivity index (χ4n) is 4.36. The van der Waals surface area contributed by atoms with Crippen LogP contribution >= 0.6 is 0 Å². The number of anilines is 1. The van der Waals surface area contributed by atoms with Crippen molar-refractivity contribution < 1.29 is 19.1 Å². The first kappa shape index (κ1) is 20.1. The Bertz CT molecular complexity index is 963. The second-order valence-corrected chi connectivity index (χ2v) is 7.72. The summed E-state index contributed by atoms with van der Waals surface area (Å²) in [6, 6.07) is 14.9. The minimum atomic E-state index is -0.423. The number of fused-ring (bicyclic) bond motifs is 1. The summed E-state index contributed by atoms with van der Waals surface area (Å²) in [5.74, 6) is -0.348. The summed E-state index contributed by atoms with van der Waals surface area (Å²) in [6.45, 7) is 3.21. The zero-order chi connectivity index (χ0) is 21.1. The Morgan fingerprint density at radius 2 is 1.73 bits per heavy atom. The molecule has 0 aromatic heterocycles. The van der Waals surface area contributed by atoms with Gasteiger partial charge < -0.3 is 14.5 Å². The summed E-state index contributed by atoms with van der Waals surface area (Å²) in [7, 11) is 0. The molecule has 2 heterocycles. The Balaban J connectivity index is 1.44. The van der Waals surface area contributed by atoms with Crippen molar-refractivity contribution in [2.24, 2.45) is 0 Å². The van der Waals surface area contributed by atoms with Crippen LogP contribution in [0.1, 0.15) is 52.5 Å². The van der Waals surface area contributed by atoms with Crippen LogP contribution in [-0.4, -0.2) is 48.4 Å². The number of piperidine rings is 1. The van der Waals surface area contributed by atoms with Crippen molar-refractivity contribution in [1.82, 2.24) is 4.90 Å². The summed E-state index contributed by atoms with van der Waals surface area (Å²) in [4.78, 5) is 41.3. The van der Waals surface area contributed by atoms with E-state index in [1.54, 1.807) is 36.1 Å². The van der Waals surface area contributed by atoms with Crippen molar-refractivity contribution in [3.05, 3.63) is 65.2 Å². The molecule has 156 valence electrons. The van der Waals surface area contributed by atoms with E-state index >= 15 is 0 Å². The number of hydrogen-bond donors (Lipinski definition) is 0. The van der Waals surface area contributed by atoms with Crippen LogP contribution in [0, 0.1) is 0 Å². The summed E-state index contributed by atoms with van der Waals surface area (Å²) >= 11 is 0. The molecule has 2 aromatic carbocycles. The Hall–Kier alpha value is -3.15. The average Bonchev–Trinajstić information content (AvgIpc) is 2.79. The third-order valence-electron chi connectivity index (χ3n) is 5.87. The van der Waals surface area contributed by atoms with Crippen molar-refractivity contribution in [2.75, 3.05) is 24.6 Å². The second-order valence-electron chi connectivity index (χ2n) is 7.72. The maximum Gasteiger partial charge on any atom is 0.338 e. The van der Waals surface area contributed by atoms with Crippen LogP contribution in [0.5, 0.6) is 0 Å². The van der Waals surface area contributed by atoms with Crippen molar-refractivity contribution in [2.45, 2.75) is 38.6 Å². The van der Waals surface area contributed by atoms with E-state index in [0.717, 1.165) is 24.9 Å². The van der Waals surface area contributed by atoms with Crippen molar-refractivity contribution >= 4 is 23.5 Å². The lowest BCUT2D eigenvalue weighted by Gasteiger charge is -2.41. The molecule has 1 saturated heterocycles. The van der Waals surface area contributed by atoms with Crippen LogP contribution in [0.4, 0.5) is 5.69 Å². The number of nitrogens with zero attached hydrogens (tertiary/aromatic N) is 2. The minimum Gasteiger partial charge on any atom is -0.462 e. The molecule has 0 N–H and O–H groups in total. The number of aryl methyl sites for hydroxylation is 1. The molecule has 2 amide bonds. The number of likely N-dealkylation sites (tertiary alicyclic amines) is 1. The fraction of sp³-hybridized carbons (Fsp3) is 0.375. The van der Waals surface area contributed by atoms with Crippen LogP contribution in [0.15, 0.2) is 48.5 Å². The van der Waals surface area contributed by atoms with Crippen LogP contribution in [0.2, 0.25) is 0 Å². The van der Waals surface area contributed by atoms with Crippen molar-refractivity contribution in [1.29, 1.82) is 0 Å². The van der Waals surface area contributed by atoms with Gasteiger partial charge in [-0.3, -0.25) is 9.59 Å². The summed E-state index contributed by atoms with van der Waals surface area (Å²) in [5, 5.41) is 0. The Morgan fingerprint density at radius 1 is 1.00 bits per heavy atom. The minimum absolute atomic E-state index is 0.0926. The molecule has 2 aromatic rings. The first-order chi connectivity index (χ1) is 14.6. The Kier molecular flexibility index (Phi) is 5.84. The predicted octanol–water partition coefficient (Wildman–Crippen LogP) is 3.45. The summed E-state index contributed by atoms with van der Waals surface area (Å²) < 4.78 is 5.03. The number of amides is 2. The molecular formula is C24H26N2O4. The van der Waals surface area contributed by atoms with Gasteiger partial charge in [0.2, 0.25) is 5.91 Å². The number of hydrogen-bond acceptors (Lipinski definition) is 4. The first-order valence-electron chi connectivity index (χ1n) is 10.5. The van der Waals surface area contributed by atoms with Crippen LogP contribution in [0.25, 0.3) is 0 Å². The smallest absolute Gasteiger partial charge is 0.338 e. The van der Waals surface area contributed by atoms with Gasteiger partial charge in [-0.15, -0.1) is 0 Å². The van der Waals surface area contributed by atoms with Crippen LogP contribution in [-0.2, 0) is 16.0 Å².